The van der Waals surface area contributed by atoms with Crippen LogP contribution < -0.4 is 0 Å². The van der Waals surface area contributed by atoms with Crippen molar-refractivity contribution in [1.29, 1.82) is 0 Å². The van der Waals surface area contributed by atoms with E-state index in [4.69, 9.17) is 9.52 Å². The van der Waals surface area contributed by atoms with Crippen LogP contribution >= 0.6 is 0 Å². The Bertz CT molecular complexity index is 530. The van der Waals surface area contributed by atoms with Crippen LogP contribution in [0.15, 0.2) is 4.42 Å². The van der Waals surface area contributed by atoms with Crippen molar-refractivity contribution in [2.75, 3.05) is 11.5 Å². The second-order valence-corrected chi connectivity index (χ2v) is 6.08. The van der Waals surface area contributed by atoms with E-state index in [2.05, 4.69) is 4.98 Å². The highest BCUT2D eigenvalue weighted by Gasteiger charge is 2.34. The largest absolute Gasteiger partial charge is 0.475 e. The van der Waals surface area contributed by atoms with Gasteiger partial charge in [-0.25, -0.2) is 18.2 Å². The molecule has 88 valence electrons. The summed E-state index contributed by atoms with van der Waals surface area (Å²) < 4.78 is 27.5. The number of carbonyl (C=O) groups is 1. The number of hydrogen-bond donors (Lipinski definition) is 1. The first kappa shape index (κ1) is 11.1. The Morgan fingerprint density at radius 2 is 2.25 bits per heavy atom. The summed E-state index contributed by atoms with van der Waals surface area (Å²) in [7, 11) is -3.05. The van der Waals surface area contributed by atoms with Crippen LogP contribution in [0.5, 0.6) is 0 Å². The van der Waals surface area contributed by atoms with Gasteiger partial charge in [0.15, 0.2) is 15.7 Å². The second-order valence-electron chi connectivity index (χ2n) is 3.85. The molecule has 16 heavy (non-hydrogen) atoms. The average Bonchev–Trinajstić information content (AvgIpc) is 2.68. The zero-order chi connectivity index (χ0) is 11.9. The SMILES string of the molecule is Cc1nc(C2CCS(=O)(=O)C2)c(C(=O)O)o1. The molecule has 0 aromatic carbocycles. The van der Waals surface area contributed by atoms with Gasteiger partial charge in [0, 0.05) is 12.8 Å². The van der Waals surface area contributed by atoms with Gasteiger partial charge in [-0.1, -0.05) is 0 Å². The summed E-state index contributed by atoms with van der Waals surface area (Å²) in [6, 6.07) is 0. The Labute approximate surface area is 92.2 Å². The topological polar surface area (TPSA) is 97.5 Å². The molecular weight excluding hydrogens is 234 g/mol. The van der Waals surface area contributed by atoms with Crippen LogP contribution in [0.25, 0.3) is 0 Å². The number of aryl methyl sites for hydroxylation is 1. The van der Waals surface area contributed by atoms with Crippen molar-refractivity contribution in [3.05, 3.63) is 17.3 Å². The third kappa shape index (κ3) is 1.95. The molecule has 0 spiro atoms. The normalized spacial score (nSPS) is 23.4. The van der Waals surface area contributed by atoms with Gasteiger partial charge in [0.25, 0.3) is 0 Å². The van der Waals surface area contributed by atoms with E-state index in [1.54, 1.807) is 6.92 Å². The highest BCUT2D eigenvalue weighted by Crippen LogP contribution is 2.30. The zero-order valence-electron chi connectivity index (χ0n) is 8.63. The smallest absolute Gasteiger partial charge is 0.373 e. The van der Waals surface area contributed by atoms with Crippen molar-refractivity contribution in [1.82, 2.24) is 4.98 Å². The summed E-state index contributed by atoms with van der Waals surface area (Å²) in [5.41, 5.74) is 0.256. The van der Waals surface area contributed by atoms with Crippen LogP contribution in [0.4, 0.5) is 0 Å². The van der Waals surface area contributed by atoms with Gasteiger partial charge in [-0.2, -0.15) is 0 Å². The first-order valence-electron chi connectivity index (χ1n) is 4.80. The maximum atomic E-state index is 11.3. The van der Waals surface area contributed by atoms with Crippen LogP contribution in [-0.4, -0.2) is 36.0 Å². The summed E-state index contributed by atoms with van der Waals surface area (Å²) in [6.45, 7) is 1.54. The molecule has 1 aromatic heterocycles. The van der Waals surface area contributed by atoms with Crippen molar-refractivity contribution in [3.8, 4) is 0 Å². The van der Waals surface area contributed by atoms with Crippen LogP contribution in [0.1, 0.15) is 34.5 Å². The van der Waals surface area contributed by atoms with E-state index in [0.29, 0.717) is 6.42 Å². The number of sulfone groups is 1. The van der Waals surface area contributed by atoms with E-state index in [0.717, 1.165) is 0 Å². The fourth-order valence-corrected chi connectivity index (χ4v) is 3.63. The zero-order valence-corrected chi connectivity index (χ0v) is 9.45. The van der Waals surface area contributed by atoms with Crippen molar-refractivity contribution in [2.24, 2.45) is 0 Å². The molecule has 0 bridgehead atoms. The molecular formula is C9H11NO5S. The number of aromatic nitrogens is 1. The van der Waals surface area contributed by atoms with Crippen molar-refractivity contribution < 1.29 is 22.7 Å². The molecule has 2 heterocycles. The Kier molecular flexibility index (Phi) is 2.49. The first-order chi connectivity index (χ1) is 7.39. The third-order valence-corrected chi connectivity index (χ3v) is 4.34. The molecule has 6 nitrogen and oxygen atoms in total. The first-order valence-corrected chi connectivity index (χ1v) is 6.62. The lowest BCUT2D eigenvalue weighted by atomic mass is 10.0. The Hall–Kier alpha value is -1.37. The van der Waals surface area contributed by atoms with Gasteiger partial charge in [-0.05, 0) is 6.42 Å². The lowest BCUT2D eigenvalue weighted by molar-refractivity contribution is 0.0658. The minimum absolute atomic E-state index is 0.0424. The van der Waals surface area contributed by atoms with E-state index in [-0.39, 0.29) is 34.8 Å². The maximum absolute atomic E-state index is 11.3. The summed E-state index contributed by atoms with van der Waals surface area (Å²) in [5.74, 6) is -1.51. The van der Waals surface area contributed by atoms with Crippen LogP contribution in [0.3, 0.4) is 0 Å². The number of carboxylic acid groups (broad SMARTS) is 1. The van der Waals surface area contributed by atoms with E-state index in [9.17, 15) is 13.2 Å². The Balaban J connectivity index is 2.38. The van der Waals surface area contributed by atoms with Gasteiger partial charge in [0.2, 0.25) is 5.76 Å². The molecule has 7 heteroatoms. The third-order valence-electron chi connectivity index (χ3n) is 2.57. The minimum Gasteiger partial charge on any atom is -0.475 e. The molecule has 1 N–H and O–H groups in total. The molecule has 2 rings (SSSR count). The lowest BCUT2D eigenvalue weighted by Gasteiger charge is -2.02. The molecule has 1 saturated heterocycles. The van der Waals surface area contributed by atoms with Crippen molar-refractivity contribution in [3.63, 3.8) is 0 Å². The predicted octanol–water partition coefficient (Wildman–Crippen LogP) is 0.583. The maximum Gasteiger partial charge on any atom is 0.373 e. The monoisotopic (exact) mass is 245 g/mol. The number of carboxylic acids is 1. The fourth-order valence-electron chi connectivity index (χ4n) is 1.88. The van der Waals surface area contributed by atoms with E-state index < -0.39 is 15.8 Å². The summed E-state index contributed by atoms with van der Waals surface area (Å²) in [6.07, 6.45) is 0.411. The number of hydrogen-bond acceptors (Lipinski definition) is 5. The van der Waals surface area contributed by atoms with Gasteiger partial charge in [-0.3, -0.25) is 0 Å². The van der Waals surface area contributed by atoms with Crippen LogP contribution in [-0.2, 0) is 9.84 Å². The highest BCUT2D eigenvalue weighted by molar-refractivity contribution is 7.91. The number of rotatable bonds is 2. The summed E-state index contributed by atoms with van der Waals surface area (Å²) in [5, 5.41) is 8.89. The number of nitrogens with zero attached hydrogens (tertiary/aromatic N) is 1. The van der Waals surface area contributed by atoms with Gasteiger partial charge in [0.1, 0.15) is 0 Å². The summed E-state index contributed by atoms with van der Waals surface area (Å²) in [4.78, 5) is 14.8. The van der Waals surface area contributed by atoms with E-state index in [1.165, 1.54) is 0 Å². The number of aromatic carboxylic acids is 1. The Morgan fingerprint density at radius 1 is 1.56 bits per heavy atom. The highest BCUT2D eigenvalue weighted by atomic mass is 32.2. The number of oxazole rings is 1. The quantitative estimate of drug-likeness (QED) is 0.818. The predicted molar refractivity (Wildman–Crippen MR) is 54.2 cm³/mol. The average molecular weight is 245 g/mol. The minimum atomic E-state index is -3.05. The van der Waals surface area contributed by atoms with Crippen molar-refractivity contribution >= 4 is 15.8 Å². The molecule has 0 amide bonds. The summed E-state index contributed by atoms with van der Waals surface area (Å²) >= 11 is 0. The van der Waals surface area contributed by atoms with Gasteiger partial charge in [-0.15, -0.1) is 0 Å². The fraction of sp³-hybridized carbons (Fsp3) is 0.556. The molecule has 1 aromatic rings. The standard InChI is InChI=1S/C9H11NO5S/c1-5-10-7(8(15-5)9(11)12)6-2-3-16(13,14)4-6/h6H,2-4H2,1H3,(H,11,12). The molecule has 1 unspecified atom stereocenters. The second kappa shape index (κ2) is 3.58. The molecule has 1 atom stereocenters. The van der Waals surface area contributed by atoms with Crippen molar-refractivity contribution in [2.45, 2.75) is 19.3 Å². The molecule has 1 fully saturated rings. The molecule has 1 aliphatic rings. The molecule has 0 saturated carbocycles. The van der Waals surface area contributed by atoms with Crippen LogP contribution in [0.2, 0.25) is 0 Å². The van der Waals surface area contributed by atoms with Crippen LogP contribution in [0, 0.1) is 6.92 Å². The van der Waals surface area contributed by atoms with Gasteiger partial charge < -0.3 is 9.52 Å². The lowest BCUT2D eigenvalue weighted by Crippen LogP contribution is -2.08. The van der Waals surface area contributed by atoms with Gasteiger partial charge in [0.05, 0.1) is 17.2 Å². The van der Waals surface area contributed by atoms with E-state index >= 15 is 0 Å². The molecule has 0 radical (unpaired) electrons. The molecule has 1 aliphatic heterocycles. The van der Waals surface area contributed by atoms with E-state index in [1.807, 2.05) is 0 Å². The van der Waals surface area contributed by atoms with Gasteiger partial charge >= 0.3 is 5.97 Å². The molecule has 0 aliphatic carbocycles. The Morgan fingerprint density at radius 3 is 2.75 bits per heavy atom.